The average Bonchev–Trinajstić information content (AvgIpc) is 2.08. The number of hydrogen-bond donors (Lipinski definition) is 1. The van der Waals surface area contributed by atoms with Gasteiger partial charge in [0.2, 0.25) is 6.41 Å². The Morgan fingerprint density at radius 1 is 1.58 bits per heavy atom. The Morgan fingerprint density at radius 3 is 2.92 bits per heavy atom. The van der Waals surface area contributed by atoms with E-state index in [1.807, 2.05) is 0 Å². The fourth-order valence-electron chi connectivity index (χ4n) is 0.848. The van der Waals surface area contributed by atoms with E-state index in [1.54, 1.807) is 18.2 Å². The van der Waals surface area contributed by atoms with Gasteiger partial charge in [0.25, 0.3) is 0 Å². The standard InChI is InChI=1S/C8H8ClNO2/c1-12-8-4-6(9)2-3-7(8)10-5-11/h2-5H,1H3,(H,10,11). The second-order valence-corrected chi connectivity index (χ2v) is 2.54. The maximum absolute atomic E-state index is 10.1. The van der Waals surface area contributed by atoms with Crippen LogP contribution in [0.4, 0.5) is 5.69 Å². The Bertz CT molecular complexity index is 288. The van der Waals surface area contributed by atoms with Crippen LogP contribution in [0.1, 0.15) is 0 Å². The number of amides is 1. The van der Waals surface area contributed by atoms with Crippen molar-refractivity contribution in [2.75, 3.05) is 12.4 Å². The normalized spacial score (nSPS) is 9.17. The van der Waals surface area contributed by atoms with Gasteiger partial charge in [-0.15, -0.1) is 0 Å². The molecule has 0 saturated carbocycles. The van der Waals surface area contributed by atoms with Crippen molar-refractivity contribution in [1.29, 1.82) is 0 Å². The number of hydrogen-bond acceptors (Lipinski definition) is 2. The summed E-state index contributed by atoms with van der Waals surface area (Å²) in [4.78, 5) is 10.1. The molecule has 4 heteroatoms. The van der Waals surface area contributed by atoms with E-state index in [0.29, 0.717) is 22.9 Å². The quantitative estimate of drug-likeness (QED) is 0.731. The van der Waals surface area contributed by atoms with Crippen LogP contribution >= 0.6 is 11.6 Å². The zero-order chi connectivity index (χ0) is 8.97. The summed E-state index contributed by atoms with van der Waals surface area (Å²) in [5.74, 6) is 0.551. The van der Waals surface area contributed by atoms with Gasteiger partial charge < -0.3 is 10.1 Å². The molecule has 64 valence electrons. The van der Waals surface area contributed by atoms with Crippen LogP contribution < -0.4 is 10.1 Å². The molecule has 1 aromatic rings. The Hall–Kier alpha value is -1.22. The summed E-state index contributed by atoms with van der Waals surface area (Å²) in [5, 5.41) is 3.06. The highest BCUT2D eigenvalue weighted by atomic mass is 35.5. The van der Waals surface area contributed by atoms with Gasteiger partial charge in [0, 0.05) is 11.1 Å². The summed E-state index contributed by atoms with van der Waals surface area (Å²) in [5.41, 5.74) is 0.608. The fourth-order valence-corrected chi connectivity index (χ4v) is 1.01. The second-order valence-electron chi connectivity index (χ2n) is 2.11. The summed E-state index contributed by atoms with van der Waals surface area (Å²) in [6.45, 7) is 0. The van der Waals surface area contributed by atoms with Gasteiger partial charge in [-0.05, 0) is 12.1 Å². The molecule has 1 N–H and O–H groups in total. The summed E-state index contributed by atoms with van der Waals surface area (Å²) in [7, 11) is 1.52. The van der Waals surface area contributed by atoms with Crippen molar-refractivity contribution in [1.82, 2.24) is 0 Å². The molecule has 0 atom stereocenters. The Labute approximate surface area is 75.3 Å². The van der Waals surface area contributed by atoms with Gasteiger partial charge in [0.15, 0.2) is 0 Å². The highest BCUT2D eigenvalue weighted by Crippen LogP contribution is 2.26. The molecule has 0 bridgehead atoms. The Kier molecular flexibility index (Phi) is 2.94. The lowest BCUT2D eigenvalue weighted by Crippen LogP contribution is -1.96. The Morgan fingerprint density at radius 2 is 2.33 bits per heavy atom. The van der Waals surface area contributed by atoms with Crippen LogP contribution in [0.25, 0.3) is 0 Å². The minimum absolute atomic E-state index is 0.551. The first-order chi connectivity index (χ1) is 5.77. The minimum atomic E-state index is 0.551. The first kappa shape index (κ1) is 8.87. The molecule has 1 aromatic carbocycles. The van der Waals surface area contributed by atoms with Crippen molar-refractivity contribution in [3.63, 3.8) is 0 Å². The van der Waals surface area contributed by atoms with E-state index >= 15 is 0 Å². The van der Waals surface area contributed by atoms with Crippen LogP contribution in [-0.2, 0) is 4.79 Å². The van der Waals surface area contributed by atoms with Gasteiger partial charge in [0.05, 0.1) is 12.8 Å². The lowest BCUT2D eigenvalue weighted by atomic mass is 10.3. The smallest absolute Gasteiger partial charge is 0.211 e. The zero-order valence-electron chi connectivity index (χ0n) is 6.50. The molecule has 0 aromatic heterocycles. The summed E-state index contributed by atoms with van der Waals surface area (Å²) >= 11 is 5.70. The van der Waals surface area contributed by atoms with E-state index in [1.165, 1.54) is 7.11 Å². The molecular weight excluding hydrogens is 178 g/mol. The van der Waals surface area contributed by atoms with Gasteiger partial charge in [-0.3, -0.25) is 4.79 Å². The lowest BCUT2D eigenvalue weighted by molar-refractivity contribution is -0.105. The molecule has 0 spiro atoms. The van der Waals surface area contributed by atoms with Crippen molar-refractivity contribution in [3.05, 3.63) is 23.2 Å². The number of halogens is 1. The predicted octanol–water partition coefficient (Wildman–Crippen LogP) is 1.92. The van der Waals surface area contributed by atoms with Crippen LogP contribution in [0.15, 0.2) is 18.2 Å². The van der Waals surface area contributed by atoms with Crippen LogP contribution in [0.2, 0.25) is 5.02 Å². The molecule has 1 amide bonds. The van der Waals surface area contributed by atoms with Gasteiger partial charge in [0.1, 0.15) is 5.75 Å². The number of benzene rings is 1. The molecule has 0 aliphatic rings. The van der Waals surface area contributed by atoms with E-state index in [-0.39, 0.29) is 0 Å². The first-order valence-electron chi connectivity index (χ1n) is 3.31. The third-order valence-electron chi connectivity index (χ3n) is 1.38. The van der Waals surface area contributed by atoms with Gasteiger partial charge in [-0.1, -0.05) is 11.6 Å². The van der Waals surface area contributed by atoms with E-state index in [0.717, 1.165) is 0 Å². The van der Waals surface area contributed by atoms with Crippen molar-refractivity contribution in [3.8, 4) is 5.75 Å². The van der Waals surface area contributed by atoms with Crippen LogP contribution in [0.3, 0.4) is 0 Å². The predicted molar refractivity (Wildman–Crippen MR) is 47.7 cm³/mol. The van der Waals surface area contributed by atoms with Crippen LogP contribution in [0.5, 0.6) is 5.75 Å². The highest BCUT2D eigenvalue weighted by Gasteiger charge is 2.01. The van der Waals surface area contributed by atoms with Crippen molar-refractivity contribution in [2.45, 2.75) is 0 Å². The van der Waals surface area contributed by atoms with E-state index in [2.05, 4.69) is 5.32 Å². The molecule has 3 nitrogen and oxygen atoms in total. The van der Waals surface area contributed by atoms with Gasteiger partial charge >= 0.3 is 0 Å². The lowest BCUT2D eigenvalue weighted by Gasteiger charge is -2.06. The number of rotatable bonds is 3. The molecule has 0 radical (unpaired) electrons. The average molecular weight is 186 g/mol. The van der Waals surface area contributed by atoms with Gasteiger partial charge in [-0.2, -0.15) is 0 Å². The zero-order valence-corrected chi connectivity index (χ0v) is 7.26. The molecule has 0 aliphatic carbocycles. The summed E-state index contributed by atoms with van der Waals surface area (Å²) in [6, 6.07) is 4.98. The third kappa shape index (κ3) is 1.89. The minimum Gasteiger partial charge on any atom is -0.495 e. The van der Waals surface area contributed by atoms with E-state index in [4.69, 9.17) is 16.3 Å². The molecule has 0 aliphatic heterocycles. The highest BCUT2D eigenvalue weighted by molar-refractivity contribution is 6.30. The molecule has 1 rings (SSSR count). The van der Waals surface area contributed by atoms with E-state index in [9.17, 15) is 4.79 Å². The maximum atomic E-state index is 10.1. The summed E-state index contributed by atoms with van der Waals surface area (Å²) in [6.07, 6.45) is 0.589. The fraction of sp³-hybridized carbons (Fsp3) is 0.125. The monoisotopic (exact) mass is 185 g/mol. The van der Waals surface area contributed by atoms with Crippen LogP contribution in [0, 0.1) is 0 Å². The van der Waals surface area contributed by atoms with Crippen LogP contribution in [-0.4, -0.2) is 13.5 Å². The number of carbonyl (C=O) groups excluding carboxylic acids is 1. The van der Waals surface area contributed by atoms with Crippen molar-refractivity contribution in [2.24, 2.45) is 0 Å². The molecule has 0 heterocycles. The molecule has 0 unspecified atom stereocenters. The number of carbonyl (C=O) groups is 1. The van der Waals surface area contributed by atoms with Crippen molar-refractivity contribution >= 4 is 23.7 Å². The number of methoxy groups -OCH3 is 1. The second kappa shape index (κ2) is 3.97. The van der Waals surface area contributed by atoms with Crippen molar-refractivity contribution < 1.29 is 9.53 Å². The van der Waals surface area contributed by atoms with E-state index < -0.39 is 0 Å². The third-order valence-corrected chi connectivity index (χ3v) is 1.61. The largest absolute Gasteiger partial charge is 0.495 e. The molecular formula is C8H8ClNO2. The SMILES string of the molecule is COc1cc(Cl)ccc1NC=O. The Balaban J connectivity index is 3.01. The number of anilines is 1. The number of ether oxygens (including phenoxy) is 1. The first-order valence-corrected chi connectivity index (χ1v) is 3.69. The summed E-state index contributed by atoms with van der Waals surface area (Å²) < 4.78 is 4.97. The number of nitrogens with one attached hydrogen (secondary N) is 1. The van der Waals surface area contributed by atoms with Gasteiger partial charge in [-0.25, -0.2) is 0 Å². The molecule has 12 heavy (non-hydrogen) atoms. The topological polar surface area (TPSA) is 38.3 Å². The molecule has 0 saturated heterocycles. The molecule has 0 fully saturated rings. The maximum Gasteiger partial charge on any atom is 0.211 e.